The lowest BCUT2D eigenvalue weighted by molar-refractivity contribution is -0.137. The minimum atomic E-state index is -4.54. The van der Waals surface area contributed by atoms with E-state index in [2.05, 4.69) is 15.6 Å². The molecule has 0 radical (unpaired) electrons. The van der Waals surface area contributed by atoms with Crippen molar-refractivity contribution in [3.8, 4) is 0 Å². The van der Waals surface area contributed by atoms with E-state index in [0.717, 1.165) is 34.5 Å². The molecule has 2 N–H and O–H groups in total. The number of benzene rings is 2. The lowest BCUT2D eigenvalue weighted by Crippen LogP contribution is -2.39. The predicted octanol–water partition coefficient (Wildman–Crippen LogP) is 5.52. The lowest BCUT2D eigenvalue weighted by atomic mass is 10.1. The van der Waals surface area contributed by atoms with Crippen LogP contribution in [0.3, 0.4) is 0 Å². The van der Waals surface area contributed by atoms with Crippen LogP contribution in [0.4, 0.5) is 35.0 Å². The number of aryl methyl sites for hydroxylation is 2. The number of carbonyl (C=O) groups is 2. The van der Waals surface area contributed by atoms with Gasteiger partial charge in [-0.25, -0.2) is 4.79 Å². The zero-order valence-electron chi connectivity index (χ0n) is 17.2. The third-order valence-electron chi connectivity index (χ3n) is 5.23. The lowest BCUT2D eigenvalue weighted by Gasteiger charge is -2.31. The van der Waals surface area contributed by atoms with Gasteiger partial charge in [0.1, 0.15) is 0 Å². The molecule has 0 atom stereocenters. The zero-order valence-corrected chi connectivity index (χ0v) is 17.2. The average Bonchev–Trinajstić information content (AvgIpc) is 2.75. The van der Waals surface area contributed by atoms with Crippen LogP contribution in [-0.4, -0.2) is 16.9 Å². The quantitative estimate of drug-likeness (QED) is 0.563. The van der Waals surface area contributed by atoms with E-state index in [1.807, 2.05) is 13.8 Å². The summed E-state index contributed by atoms with van der Waals surface area (Å²) in [5.74, 6) is -0.681. The SMILES string of the molecule is Cc1ccc(NC(=O)c2cccc(C(F)(F)F)c2)cc1N1Cc2cncc(C)c2NC1=O. The molecule has 164 valence electrons. The molecule has 32 heavy (non-hydrogen) atoms. The molecular formula is C23H19F3N4O2. The second-order valence-corrected chi connectivity index (χ2v) is 7.54. The maximum atomic E-state index is 12.9. The molecule has 0 fully saturated rings. The first-order chi connectivity index (χ1) is 15.1. The van der Waals surface area contributed by atoms with Gasteiger partial charge in [-0.2, -0.15) is 13.2 Å². The number of nitrogens with zero attached hydrogens (tertiary/aromatic N) is 2. The first-order valence-electron chi connectivity index (χ1n) is 9.75. The number of hydrogen-bond donors (Lipinski definition) is 2. The molecule has 0 saturated carbocycles. The summed E-state index contributed by atoms with van der Waals surface area (Å²) in [4.78, 5) is 31.0. The molecule has 2 aromatic carbocycles. The van der Waals surface area contributed by atoms with Crippen molar-refractivity contribution >= 4 is 29.0 Å². The summed E-state index contributed by atoms with van der Waals surface area (Å²) in [7, 11) is 0. The number of urea groups is 1. The molecule has 6 nitrogen and oxygen atoms in total. The van der Waals surface area contributed by atoms with Gasteiger partial charge in [-0.05, 0) is 55.3 Å². The van der Waals surface area contributed by atoms with Crippen LogP contribution >= 0.6 is 0 Å². The van der Waals surface area contributed by atoms with Gasteiger partial charge < -0.3 is 10.6 Å². The predicted molar refractivity (Wildman–Crippen MR) is 115 cm³/mol. The highest BCUT2D eigenvalue weighted by Gasteiger charge is 2.31. The highest BCUT2D eigenvalue weighted by atomic mass is 19.4. The van der Waals surface area contributed by atoms with E-state index in [9.17, 15) is 22.8 Å². The third kappa shape index (κ3) is 4.14. The van der Waals surface area contributed by atoms with Crippen molar-refractivity contribution in [2.45, 2.75) is 26.6 Å². The van der Waals surface area contributed by atoms with Gasteiger partial charge in [0.2, 0.25) is 0 Å². The minimum Gasteiger partial charge on any atom is -0.322 e. The second kappa shape index (κ2) is 7.99. The summed E-state index contributed by atoms with van der Waals surface area (Å²) in [5, 5.41) is 5.47. The van der Waals surface area contributed by atoms with Gasteiger partial charge in [-0.1, -0.05) is 12.1 Å². The maximum Gasteiger partial charge on any atom is 0.416 e. The molecule has 1 aromatic heterocycles. The Labute approximate surface area is 182 Å². The topological polar surface area (TPSA) is 74.3 Å². The number of carbonyl (C=O) groups excluding carboxylic acids is 2. The van der Waals surface area contributed by atoms with Gasteiger partial charge >= 0.3 is 12.2 Å². The Morgan fingerprint density at radius 3 is 2.62 bits per heavy atom. The van der Waals surface area contributed by atoms with Crippen molar-refractivity contribution in [1.82, 2.24) is 4.98 Å². The largest absolute Gasteiger partial charge is 0.416 e. The van der Waals surface area contributed by atoms with Gasteiger partial charge in [0.15, 0.2) is 0 Å². The fraction of sp³-hybridized carbons (Fsp3) is 0.174. The number of anilines is 3. The number of halogens is 3. The number of aromatic nitrogens is 1. The van der Waals surface area contributed by atoms with Crippen LogP contribution in [0.5, 0.6) is 0 Å². The van der Waals surface area contributed by atoms with E-state index in [1.54, 1.807) is 30.6 Å². The normalized spacial score (nSPS) is 13.4. The van der Waals surface area contributed by atoms with Crippen LogP contribution in [0.2, 0.25) is 0 Å². The molecular weight excluding hydrogens is 421 g/mol. The van der Waals surface area contributed by atoms with Crippen molar-refractivity contribution in [1.29, 1.82) is 0 Å². The number of rotatable bonds is 3. The maximum absolute atomic E-state index is 12.9. The summed E-state index contributed by atoms with van der Waals surface area (Å²) < 4.78 is 38.8. The smallest absolute Gasteiger partial charge is 0.322 e. The Morgan fingerprint density at radius 2 is 1.88 bits per heavy atom. The number of hydrogen-bond acceptors (Lipinski definition) is 3. The number of fused-ring (bicyclic) bond motifs is 1. The first kappa shape index (κ1) is 21.4. The summed E-state index contributed by atoms with van der Waals surface area (Å²) in [6.07, 6.45) is -1.19. The minimum absolute atomic E-state index is 0.117. The Balaban J connectivity index is 1.60. The Morgan fingerprint density at radius 1 is 1.09 bits per heavy atom. The number of amides is 3. The molecule has 3 aromatic rings. The molecule has 0 saturated heterocycles. The molecule has 1 aliphatic heterocycles. The fourth-order valence-electron chi connectivity index (χ4n) is 3.55. The van der Waals surface area contributed by atoms with Crippen LogP contribution in [-0.2, 0) is 12.7 Å². The van der Waals surface area contributed by atoms with E-state index >= 15 is 0 Å². The summed E-state index contributed by atoms with van der Waals surface area (Å²) in [6.45, 7) is 3.98. The van der Waals surface area contributed by atoms with E-state index < -0.39 is 17.6 Å². The second-order valence-electron chi connectivity index (χ2n) is 7.54. The first-order valence-corrected chi connectivity index (χ1v) is 9.75. The van der Waals surface area contributed by atoms with E-state index in [-0.39, 0.29) is 11.6 Å². The van der Waals surface area contributed by atoms with Crippen LogP contribution in [0, 0.1) is 13.8 Å². The van der Waals surface area contributed by atoms with E-state index in [0.29, 0.717) is 17.9 Å². The highest BCUT2D eigenvalue weighted by molar-refractivity contribution is 6.07. The molecule has 0 spiro atoms. The number of pyridine rings is 1. The van der Waals surface area contributed by atoms with Crippen LogP contribution in [0.1, 0.15) is 32.6 Å². The van der Waals surface area contributed by atoms with E-state index in [1.165, 1.54) is 17.0 Å². The number of nitrogens with one attached hydrogen (secondary N) is 2. The van der Waals surface area contributed by atoms with Crippen LogP contribution in [0.25, 0.3) is 0 Å². The average molecular weight is 440 g/mol. The molecule has 3 amide bonds. The molecule has 9 heteroatoms. The van der Waals surface area contributed by atoms with Gasteiger partial charge in [-0.3, -0.25) is 14.7 Å². The van der Waals surface area contributed by atoms with Crippen molar-refractivity contribution in [3.05, 3.63) is 82.7 Å². The molecule has 1 aliphatic rings. The Kier molecular flexibility index (Phi) is 5.33. The summed E-state index contributed by atoms with van der Waals surface area (Å²) in [6, 6.07) is 8.86. The van der Waals surface area contributed by atoms with Gasteiger partial charge in [0.25, 0.3) is 5.91 Å². The van der Waals surface area contributed by atoms with Crippen molar-refractivity contribution < 1.29 is 22.8 Å². The van der Waals surface area contributed by atoms with Gasteiger partial charge in [-0.15, -0.1) is 0 Å². The number of alkyl halides is 3. The van der Waals surface area contributed by atoms with Crippen molar-refractivity contribution in [3.63, 3.8) is 0 Å². The van der Waals surface area contributed by atoms with Crippen molar-refractivity contribution in [2.24, 2.45) is 0 Å². The Hall–Kier alpha value is -3.88. The molecule has 0 aliphatic carbocycles. The monoisotopic (exact) mass is 440 g/mol. The van der Waals surface area contributed by atoms with E-state index in [4.69, 9.17) is 0 Å². The molecule has 0 bridgehead atoms. The fourth-order valence-corrected chi connectivity index (χ4v) is 3.55. The highest BCUT2D eigenvalue weighted by Crippen LogP contribution is 2.33. The molecule has 0 unspecified atom stereocenters. The van der Waals surface area contributed by atoms with Crippen LogP contribution in [0.15, 0.2) is 54.9 Å². The Bertz CT molecular complexity index is 1220. The molecule has 4 rings (SSSR count). The standard InChI is InChI=1S/C23H19F3N4O2/c1-13-6-7-18(28-21(31)15-4-3-5-17(8-15)23(24,25)26)9-19(13)30-12-16-11-27-10-14(2)20(16)29-22(30)32/h3-11H,12H2,1-2H3,(H,28,31)(H,29,32). The summed E-state index contributed by atoms with van der Waals surface area (Å²) >= 11 is 0. The van der Waals surface area contributed by atoms with Crippen LogP contribution < -0.4 is 15.5 Å². The van der Waals surface area contributed by atoms with Gasteiger partial charge in [0, 0.05) is 29.2 Å². The summed E-state index contributed by atoms with van der Waals surface area (Å²) in [5.41, 5.74) is 3.13. The third-order valence-corrected chi connectivity index (χ3v) is 5.23. The van der Waals surface area contributed by atoms with Crippen molar-refractivity contribution in [2.75, 3.05) is 15.5 Å². The molecule has 2 heterocycles. The van der Waals surface area contributed by atoms with Gasteiger partial charge in [0.05, 0.1) is 23.5 Å². The zero-order chi connectivity index (χ0) is 23.0.